The van der Waals surface area contributed by atoms with Crippen molar-refractivity contribution in [3.63, 3.8) is 0 Å². The lowest BCUT2D eigenvalue weighted by Gasteiger charge is -2.15. The number of benzene rings is 2. The third kappa shape index (κ3) is 5.18. The zero-order valence-electron chi connectivity index (χ0n) is 17.4. The minimum Gasteiger partial charge on any atom is -0.496 e. The van der Waals surface area contributed by atoms with E-state index in [0.29, 0.717) is 29.6 Å². The number of anilines is 4. The molecule has 3 aromatic rings. The van der Waals surface area contributed by atoms with Crippen molar-refractivity contribution in [3.05, 3.63) is 59.2 Å². The Bertz CT molecular complexity index is 1190. The third-order valence-corrected chi connectivity index (χ3v) is 7.04. The fraction of sp³-hybridized carbons (Fsp3) is 0.238. The molecule has 4 N–H and O–H groups in total. The molecule has 3 rings (SSSR count). The first kappa shape index (κ1) is 22.6. The molecule has 0 amide bonds. The molecule has 0 aliphatic heterocycles. The lowest BCUT2D eigenvalue weighted by molar-refractivity contribution is 0.410. The third-order valence-electron chi connectivity index (χ3n) is 4.55. The predicted molar refractivity (Wildman–Crippen MR) is 124 cm³/mol. The van der Waals surface area contributed by atoms with Gasteiger partial charge in [-0.3, -0.25) is 0 Å². The summed E-state index contributed by atoms with van der Waals surface area (Å²) in [6.45, 7) is 3.64. The number of aromatic nitrogens is 2. The molecule has 0 fully saturated rings. The van der Waals surface area contributed by atoms with Gasteiger partial charge >= 0.3 is 0 Å². The average Bonchev–Trinajstić information content (AvgIpc) is 2.74. The number of ether oxygens (including phenoxy) is 1. The number of nitrogen functional groups attached to an aromatic ring is 1. The van der Waals surface area contributed by atoms with E-state index in [1.807, 2.05) is 0 Å². The highest BCUT2D eigenvalue weighted by Crippen LogP contribution is 2.30. The Labute approximate surface area is 186 Å². The first-order valence-electron chi connectivity index (χ1n) is 9.51. The van der Waals surface area contributed by atoms with Crippen molar-refractivity contribution < 1.29 is 13.2 Å². The molecule has 0 aliphatic carbocycles. The quantitative estimate of drug-likeness (QED) is 0.426. The lowest BCUT2D eigenvalue weighted by atomic mass is 10.2. The van der Waals surface area contributed by atoms with Crippen molar-refractivity contribution in [2.75, 3.05) is 23.5 Å². The van der Waals surface area contributed by atoms with Crippen LogP contribution in [0.15, 0.2) is 53.6 Å². The van der Waals surface area contributed by atoms with Gasteiger partial charge in [0.15, 0.2) is 15.7 Å². The Morgan fingerprint density at radius 3 is 2.65 bits per heavy atom. The Morgan fingerprint density at radius 2 is 1.94 bits per heavy atom. The van der Waals surface area contributed by atoms with Crippen LogP contribution in [0.5, 0.6) is 5.75 Å². The second-order valence-corrected chi connectivity index (χ2v) is 9.91. The molecule has 10 heteroatoms. The zero-order chi connectivity index (χ0) is 22.6. The summed E-state index contributed by atoms with van der Waals surface area (Å²) < 4.78 is 30.8. The van der Waals surface area contributed by atoms with Gasteiger partial charge in [0.25, 0.3) is 0 Å². The first-order valence-corrected chi connectivity index (χ1v) is 11.4. The van der Waals surface area contributed by atoms with Crippen molar-refractivity contribution in [3.8, 4) is 5.75 Å². The van der Waals surface area contributed by atoms with Gasteiger partial charge in [0.2, 0.25) is 5.95 Å². The van der Waals surface area contributed by atoms with E-state index in [1.54, 1.807) is 63.4 Å². The van der Waals surface area contributed by atoms with Crippen LogP contribution in [0.25, 0.3) is 0 Å². The molecular formula is C21H24ClN5O3S. The Morgan fingerprint density at radius 1 is 1.19 bits per heavy atom. The van der Waals surface area contributed by atoms with E-state index in [2.05, 4.69) is 20.6 Å². The molecule has 164 valence electrons. The number of sulfone groups is 1. The van der Waals surface area contributed by atoms with Crippen LogP contribution in [0.2, 0.25) is 5.02 Å². The Balaban J connectivity index is 1.86. The molecule has 0 saturated heterocycles. The second-order valence-electron chi connectivity index (χ2n) is 7.03. The maximum atomic E-state index is 12.7. The predicted octanol–water partition coefficient (Wildman–Crippen LogP) is 4.26. The van der Waals surface area contributed by atoms with Crippen LogP contribution >= 0.6 is 11.6 Å². The molecule has 2 aromatic carbocycles. The van der Waals surface area contributed by atoms with E-state index >= 15 is 0 Å². The van der Waals surface area contributed by atoms with E-state index in [4.69, 9.17) is 22.1 Å². The Hall–Kier alpha value is -3.04. The minimum atomic E-state index is -3.50. The molecule has 0 saturated carbocycles. The fourth-order valence-electron chi connectivity index (χ4n) is 2.85. The number of hydrogen-bond donors (Lipinski definition) is 3. The van der Waals surface area contributed by atoms with Crippen LogP contribution < -0.4 is 21.1 Å². The molecule has 1 aromatic heterocycles. The van der Waals surface area contributed by atoms with Crippen LogP contribution in [-0.2, 0) is 16.4 Å². The normalized spacial score (nSPS) is 11.4. The number of methoxy groups -OCH3 is 1. The fourth-order valence-corrected chi connectivity index (χ4v) is 4.19. The van der Waals surface area contributed by atoms with Gasteiger partial charge in [-0.1, -0.05) is 23.7 Å². The van der Waals surface area contributed by atoms with Gasteiger partial charge in [0.1, 0.15) is 10.8 Å². The van der Waals surface area contributed by atoms with Gasteiger partial charge in [-0.25, -0.2) is 13.4 Å². The van der Waals surface area contributed by atoms with Crippen LogP contribution in [0.1, 0.15) is 19.4 Å². The van der Waals surface area contributed by atoms with Crippen molar-refractivity contribution in [1.29, 1.82) is 0 Å². The molecule has 1 heterocycles. The molecule has 0 unspecified atom stereocenters. The highest BCUT2D eigenvalue weighted by Gasteiger charge is 2.23. The van der Waals surface area contributed by atoms with E-state index in [9.17, 15) is 8.42 Å². The number of nitrogens with one attached hydrogen (secondary N) is 2. The van der Waals surface area contributed by atoms with Gasteiger partial charge in [-0.2, -0.15) is 4.98 Å². The largest absolute Gasteiger partial charge is 0.496 e. The summed E-state index contributed by atoms with van der Waals surface area (Å²) in [5, 5.41) is 5.82. The number of nitrogens with zero attached hydrogens (tertiary/aromatic N) is 2. The highest BCUT2D eigenvalue weighted by atomic mass is 35.5. The van der Waals surface area contributed by atoms with E-state index in [-0.39, 0.29) is 15.7 Å². The topological polar surface area (TPSA) is 119 Å². The first-order chi connectivity index (χ1) is 14.7. The molecule has 31 heavy (non-hydrogen) atoms. The smallest absolute Gasteiger partial charge is 0.224 e. The lowest BCUT2D eigenvalue weighted by Crippen LogP contribution is -2.15. The van der Waals surface area contributed by atoms with Crippen LogP contribution in [-0.4, -0.2) is 30.7 Å². The highest BCUT2D eigenvalue weighted by molar-refractivity contribution is 7.92. The molecule has 0 spiro atoms. The van der Waals surface area contributed by atoms with Gasteiger partial charge in [0, 0.05) is 17.8 Å². The molecule has 0 atom stereocenters. The summed E-state index contributed by atoms with van der Waals surface area (Å²) in [5.74, 6) is 1.27. The van der Waals surface area contributed by atoms with Crippen LogP contribution in [0.4, 0.5) is 23.1 Å². The number of halogens is 1. The van der Waals surface area contributed by atoms with Crippen LogP contribution in [0, 0.1) is 0 Å². The monoisotopic (exact) mass is 461 g/mol. The molecule has 0 bridgehead atoms. The Kier molecular flexibility index (Phi) is 6.87. The van der Waals surface area contributed by atoms with E-state index in [0.717, 1.165) is 5.56 Å². The maximum Gasteiger partial charge on any atom is 0.224 e. The van der Waals surface area contributed by atoms with E-state index in [1.165, 1.54) is 6.20 Å². The number of hydrogen-bond acceptors (Lipinski definition) is 8. The van der Waals surface area contributed by atoms with Crippen LogP contribution in [0.3, 0.4) is 0 Å². The number of para-hydroxylation sites is 1. The average molecular weight is 462 g/mol. The van der Waals surface area contributed by atoms with Gasteiger partial charge < -0.3 is 21.1 Å². The molecule has 8 nitrogen and oxygen atoms in total. The van der Waals surface area contributed by atoms with Crippen molar-refractivity contribution in [2.45, 2.75) is 30.5 Å². The summed E-state index contributed by atoms with van der Waals surface area (Å²) in [4.78, 5) is 8.76. The summed E-state index contributed by atoms with van der Waals surface area (Å²) in [6, 6.07) is 12.0. The van der Waals surface area contributed by atoms with Gasteiger partial charge in [0.05, 0.1) is 29.1 Å². The summed E-state index contributed by atoms with van der Waals surface area (Å²) in [5.41, 5.74) is 7.70. The summed E-state index contributed by atoms with van der Waals surface area (Å²) in [7, 11) is -1.92. The van der Waals surface area contributed by atoms with Crippen molar-refractivity contribution in [1.82, 2.24) is 9.97 Å². The zero-order valence-corrected chi connectivity index (χ0v) is 19.0. The molecule has 0 aliphatic rings. The number of rotatable bonds is 8. The SMILES string of the molecule is COc1ccc(N)cc1CNc1ncc(Cl)c(Nc2ccccc2S(=O)(=O)C(C)C)n1. The van der Waals surface area contributed by atoms with Gasteiger partial charge in [-0.15, -0.1) is 0 Å². The number of nitrogens with two attached hydrogens (primary N) is 1. The second kappa shape index (κ2) is 9.40. The summed E-state index contributed by atoms with van der Waals surface area (Å²) >= 11 is 6.26. The van der Waals surface area contributed by atoms with E-state index < -0.39 is 15.1 Å². The molecule has 0 radical (unpaired) electrons. The standard InChI is InChI=1S/C21H24ClN5O3S/c1-13(2)31(28,29)19-7-5-4-6-17(19)26-20-16(22)12-25-21(27-20)24-11-14-10-15(23)8-9-18(14)30-3/h4-10,12-13H,11,23H2,1-3H3,(H2,24,25,26,27). The van der Waals surface area contributed by atoms with Gasteiger partial charge in [-0.05, 0) is 44.2 Å². The maximum absolute atomic E-state index is 12.7. The molecular weight excluding hydrogens is 438 g/mol. The minimum absolute atomic E-state index is 0.179. The van der Waals surface area contributed by atoms with Crippen molar-refractivity contribution >= 4 is 44.6 Å². The summed E-state index contributed by atoms with van der Waals surface area (Å²) in [6.07, 6.45) is 1.44. The van der Waals surface area contributed by atoms with Crippen molar-refractivity contribution in [2.24, 2.45) is 0 Å².